The summed E-state index contributed by atoms with van der Waals surface area (Å²) in [4.78, 5) is 28.5. The van der Waals surface area contributed by atoms with Crippen molar-refractivity contribution in [3.63, 3.8) is 0 Å². The third-order valence-corrected chi connectivity index (χ3v) is 4.29. The van der Waals surface area contributed by atoms with Crippen molar-refractivity contribution in [1.29, 1.82) is 0 Å². The second-order valence-corrected chi connectivity index (χ2v) is 5.96. The molecule has 4 rings (SSSR count). The van der Waals surface area contributed by atoms with Gasteiger partial charge in [0.15, 0.2) is 5.82 Å². The van der Waals surface area contributed by atoms with Crippen LogP contribution in [0.3, 0.4) is 0 Å². The van der Waals surface area contributed by atoms with Crippen LogP contribution in [0, 0.1) is 0 Å². The van der Waals surface area contributed by atoms with E-state index >= 15 is 0 Å². The second kappa shape index (κ2) is 5.26. The van der Waals surface area contributed by atoms with Crippen molar-refractivity contribution >= 4 is 39.1 Å². The molecule has 3 N–H and O–H groups in total. The molecule has 2 aromatic heterocycles. The minimum Gasteiger partial charge on any atom is -0.366 e. The molecule has 1 unspecified atom stereocenters. The van der Waals surface area contributed by atoms with E-state index < -0.39 is 5.91 Å². The van der Waals surface area contributed by atoms with Gasteiger partial charge in [-0.2, -0.15) is 0 Å². The number of allylic oxidation sites excluding steroid dienone is 1. The number of carbonyl (C=O) groups is 1. The monoisotopic (exact) mass is 319 g/mol. The van der Waals surface area contributed by atoms with Crippen molar-refractivity contribution in [3.8, 4) is 0 Å². The lowest BCUT2D eigenvalue weighted by Gasteiger charge is -2.03. The highest BCUT2D eigenvalue weighted by molar-refractivity contribution is 6.24. The van der Waals surface area contributed by atoms with E-state index in [-0.39, 0.29) is 6.04 Å². The Kier molecular flexibility index (Phi) is 3.19. The van der Waals surface area contributed by atoms with Gasteiger partial charge in [-0.05, 0) is 37.6 Å². The zero-order chi connectivity index (χ0) is 16.8. The van der Waals surface area contributed by atoms with Crippen molar-refractivity contribution in [3.05, 3.63) is 41.9 Å². The molecule has 1 aromatic carbocycles. The number of H-pyrrole nitrogens is 1. The molecule has 1 aliphatic rings. The second-order valence-electron chi connectivity index (χ2n) is 5.96. The van der Waals surface area contributed by atoms with E-state index in [4.69, 9.17) is 5.73 Å². The number of fused-ring (bicyclic) bond motifs is 3. The Bertz CT molecular complexity index is 1040. The molecule has 3 heterocycles. The van der Waals surface area contributed by atoms with E-state index in [1.165, 1.54) is 0 Å². The summed E-state index contributed by atoms with van der Waals surface area (Å²) in [6.45, 7) is 4.13. The first-order valence-electron chi connectivity index (χ1n) is 7.94. The number of aromatic amines is 1. The van der Waals surface area contributed by atoms with Gasteiger partial charge in [0.05, 0.1) is 6.04 Å². The molecule has 24 heavy (non-hydrogen) atoms. The van der Waals surface area contributed by atoms with Crippen LogP contribution in [0.5, 0.6) is 0 Å². The predicted octanol–water partition coefficient (Wildman–Crippen LogP) is 2.85. The normalized spacial score (nSPS) is 17.3. The zero-order valence-corrected chi connectivity index (χ0v) is 13.5. The first-order valence-corrected chi connectivity index (χ1v) is 7.94. The average molecular weight is 319 g/mol. The quantitative estimate of drug-likeness (QED) is 0.776. The number of aliphatic imine (C=N–C) groups is 1. The van der Waals surface area contributed by atoms with Crippen LogP contribution in [0.1, 0.15) is 36.5 Å². The van der Waals surface area contributed by atoms with Gasteiger partial charge in [0.2, 0.25) is 5.91 Å². The zero-order valence-electron chi connectivity index (χ0n) is 13.5. The Balaban J connectivity index is 1.88. The van der Waals surface area contributed by atoms with Crippen LogP contribution in [-0.4, -0.2) is 32.6 Å². The number of hydrogen-bond donors (Lipinski definition) is 2. The summed E-state index contributed by atoms with van der Waals surface area (Å²) in [6.07, 6.45) is 4.73. The number of amides is 1. The molecule has 0 radical (unpaired) electrons. The molecule has 3 aromatic rings. The standard InChI is InChI=1S/C18H17N5O/c1-3-14-12(6-9(2)21-14)17-20-8-13-11-7-10(16(19)24)4-5-15(11)22-18(13)23-17/h4-9H,3H2,1-2H3,(H2,19,24)(H,20,22,23). The molecule has 0 spiro atoms. The molecule has 0 fully saturated rings. The van der Waals surface area contributed by atoms with Crippen molar-refractivity contribution < 1.29 is 4.79 Å². The fourth-order valence-electron chi connectivity index (χ4n) is 3.14. The molecule has 6 nitrogen and oxygen atoms in total. The fraction of sp³-hybridized carbons (Fsp3) is 0.222. The Morgan fingerprint density at radius 2 is 2.17 bits per heavy atom. The summed E-state index contributed by atoms with van der Waals surface area (Å²) in [7, 11) is 0. The van der Waals surface area contributed by atoms with Gasteiger partial charge in [-0.25, -0.2) is 9.97 Å². The topological polar surface area (TPSA) is 97.0 Å². The number of hydrogen-bond acceptors (Lipinski definition) is 4. The lowest BCUT2D eigenvalue weighted by Crippen LogP contribution is -2.10. The molecule has 0 saturated heterocycles. The Labute approximate surface area is 138 Å². The molecule has 6 heteroatoms. The molecule has 0 saturated carbocycles. The number of aromatic nitrogens is 3. The Morgan fingerprint density at radius 3 is 2.92 bits per heavy atom. The van der Waals surface area contributed by atoms with Crippen LogP contribution in [-0.2, 0) is 0 Å². The number of primary amides is 1. The average Bonchev–Trinajstić information content (AvgIpc) is 3.13. The van der Waals surface area contributed by atoms with Crippen LogP contribution >= 0.6 is 0 Å². The summed E-state index contributed by atoms with van der Waals surface area (Å²) >= 11 is 0. The number of benzene rings is 1. The minimum absolute atomic E-state index is 0.162. The highest BCUT2D eigenvalue weighted by atomic mass is 16.1. The molecule has 120 valence electrons. The van der Waals surface area contributed by atoms with Crippen molar-refractivity contribution in [1.82, 2.24) is 15.0 Å². The molecular weight excluding hydrogens is 302 g/mol. The predicted molar refractivity (Wildman–Crippen MR) is 95.1 cm³/mol. The molecule has 1 atom stereocenters. The summed E-state index contributed by atoms with van der Waals surface area (Å²) in [5, 5.41) is 1.77. The van der Waals surface area contributed by atoms with Crippen LogP contribution in [0.15, 0.2) is 35.5 Å². The molecule has 0 bridgehead atoms. The van der Waals surface area contributed by atoms with Gasteiger partial charge in [-0.15, -0.1) is 0 Å². The molecule has 1 aliphatic heterocycles. The van der Waals surface area contributed by atoms with E-state index in [2.05, 4.69) is 39.9 Å². The van der Waals surface area contributed by atoms with Gasteiger partial charge in [-0.3, -0.25) is 9.79 Å². The van der Waals surface area contributed by atoms with Gasteiger partial charge in [0.1, 0.15) is 5.65 Å². The summed E-state index contributed by atoms with van der Waals surface area (Å²) in [6, 6.07) is 5.48. The summed E-state index contributed by atoms with van der Waals surface area (Å²) in [5.41, 5.74) is 9.52. The number of nitrogens with zero attached hydrogens (tertiary/aromatic N) is 3. The van der Waals surface area contributed by atoms with E-state index in [1.807, 2.05) is 6.07 Å². The van der Waals surface area contributed by atoms with Crippen LogP contribution in [0.2, 0.25) is 0 Å². The van der Waals surface area contributed by atoms with Gasteiger partial charge >= 0.3 is 0 Å². The Hall–Kier alpha value is -3.02. The maximum Gasteiger partial charge on any atom is 0.248 e. The maximum absolute atomic E-state index is 11.4. The van der Waals surface area contributed by atoms with Crippen LogP contribution in [0.25, 0.3) is 27.5 Å². The third-order valence-electron chi connectivity index (χ3n) is 4.29. The number of carbonyl (C=O) groups excluding carboxylic acids is 1. The van der Waals surface area contributed by atoms with Gasteiger partial charge in [-0.1, -0.05) is 6.92 Å². The van der Waals surface area contributed by atoms with Crippen molar-refractivity contribution in [2.45, 2.75) is 26.3 Å². The lowest BCUT2D eigenvalue weighted by molar-refractivity contribution is 0.100. The van der Waals surface area contributed by atoms with Gasteiger partial charge in [0.25, 0.3) is 0 Å². The third kappa shape index (κ3) is 2.19. The van der Waals surface area contributed by atoms with E-state index in [0.717, 1.165) is 39.6 Å². The summed E-state index contributed by atoms with van der Waals surface area (Å²) in [5.74, 6) is 0.229. The summed E-state index contributed by atoms with van der Waals surface area (Å²) < 4.78 is 0. The van der Waals surface area contributed by atoms with E-state index in [9.17, 15) is 4.79 Å². The van der Waals surface area contributed by atoms with Gasteiger partial charge in [0, 0.05) is 39.3 Å². The first kappa shape index (κ1) is 14.6. The molecule has 1 amide bonds. The number of rotatable bonds is 3. The smallest absolute Gasteiger partial charge is 0.248 e. The van der Waals surface area contributed by atoms with Gasteiger partial charge < -0.3 is 10.7 Å². The molecular formula is C18H17N5O. The highest BCUT2D eigenvalue weighted by Crippen LogP contribution is 2.28. The van der Waals surface area contributed by atoms with Crippen LogP contribution in [0.4, 0.5) is 0 Å². The van der Waals surface area contributed by atoms with E-state index in [1.54, 1.807) is 18.3 Å². The lowest BCUT2D eigenvalue weighted by atomic mass is 10.1. The molecule has 0 aliphatic carbocycles. The fourth-order valence-corrected chi connectivity index (χ4v) is 3.14. The highest BCUT2D eigenvalue weighted by Gasteiger charge is 2.19. The van der Waals surface area contributed by atoms with Crippen molar-refractivity contribution in [2.75, 3.05) is 0 Å². The largest absolute Gasteiger partial charge is 0.366 e. The first-order chi connectivity index (χ1) is 11.6. The number of nitrogens with two attached hydrogens (primary N) is 1. The van der Waals surface area contributed by atoms with Crippen LogP contribution < -0.4 is 5.73 Å². The van der Waals surface area contributed by atoms with Crippen molar-refractivity contribution in [2.24, 2.45) is 10.7 Å². The minimum atomic E-state index is -0.447. The SMILES string of the molecule is CCC1=NC(C)C=C1c1ncc2c(n1)[nH]c1ccc(C(N)=O)cc12. The number of nitrogens with one attached hydrogen (secondary N) is 1. The Morgan fingerprint density at radius 1 is 1.33 bits per heavy atom. The van der Waals surface area contributed by atoms with E-state index in [0.29, 0.717) is 11.4 Å². The maximum atomic E-state index is 11.4.